The number of hydroxylamine groups is 1. The third kappa shape index (κ3) is 3.32. The van der Waals surface area contributed by atoms with Crippen molar-refractivity contribution in [2.24, 2.45) is 0 Å². The van der Waals surface area contributed by atoms with E-state index >= 15 is 0 Å². The van der Waals surface area contributed by atoms with Crippen molar-refractivity contribution >= 4 is 5.91 Å². The van der Waals surface area contributed by atoms with E-state index in [1.807, 2.05) is 0 Å². The summed E-state index contributed by atoms with van der Waals surface area (Å²) in [6.45, 7) is 3.45. The van der Waals surface area contributed by atoms with Crippen LogP contribution in [-0.2, 0) is 5.60 Å². The maximum Gasteiger partial charge on any atom is 0.276 e. The summed E-state index contributed by atoms with van der Waals surface area (Å²) < 4.78 is 19.5. The molecule has 0 aliphatic carbocycles. The lowest BCUT2D eigenvalue weighted by Gasteiger charge is -2.25. The van der Waals surface area contributed by atoms with Gasteiger partial charge in [-0.15, -0.1) is 0 Å². The minimum atomic E-state index is -0.893. The van der Waals surface area contributed by atoms with Crippen LogP contribution in [0.4, 0.5) is 4.39 Å². The Balaban J connectivity index is 2.26. The van der Waals surface area contributed by atoms with Gasteiger partial charge >= 0.3 is 0 Å². The smallest absolute Gasteiger partial charge is 0.276 e. The fourth-order valence-corrected chi connectivity index (χ4v) is 1.70. The third-order valence-electron chi connectivity index (χ3n) is 2.80. The minimum Gasteiger partial charge on any atom is -0.463 e. The molecule has 110 valence electrons. The van der Waals surface area contributed by atoms with Crippen molar-refractivity contribution in [3.05, 3.63) is 53.7 Å². The number of amides is 1. The Bertz CT molecular complexity index is 647. The van der Waals surface area contributed by atoms with Gasteiger partial charge < -0.3 is 4.74 Å². The van der Waals surface area contributed by atoms with Gasteiger partial charge in [0, 0.05) is 12.4 Å². The summed E-state index contributed by atoms with van der Waals surface area (Å²) in [7, 11) is 0. The third-order valence-corrected chi connectivity index (χ3v) is 2.80. The van der Waals surface area contributed by atoms with Crippen molar-refractivity contribution < 1.29 is 19.1 Å². The number of pyridine rings is 2. The molecule has 0 radical (unpaired) electrons. The molecule has 6 nitrogen and oxygen atoms in total. The SMILES string of the molecule is CC(C)(Oc1ncc(C(=O)NO)cc1F)c1ccccn1. The number of halogens is 1. The number of hydrogen-bond donors (Lipinski definition) is 2. The quantitative estimate of drug-likeness (QED) is 0.665. The maximum atomic E-state index is 13.9. The highest BCUT2D eigenvalue weighted by Gasteiger charge is 2.26. The van der Waals surface area contributed by atoms with Crippen molar-refractivity contribution in [2.45, 2.75) is 19.4 Å². The van der Waals surface area contributed by atoms with Crippen molar-refractivity contribution in [2.75, 3.05) is 0 Å². The molecule has 0 unspecified atom stereocenters. The summed E-state index contributed by atoms with van der Waals surface area (Å²) >= 11 is 0. The summed E-state index contributed by atoms with van der Waals surface area (Å²) in [5, 5.41) is 8.49. The van der Waals surface area contributed by atoms with E-state index in [9.17, 15) is 9.18 Å². The van der Waals surface area contributed by atoms with Gasteiger partial charge in [0.1, 0.15) is 5.60 Å². The molecule has 0 aliphatic rings. The molecule has 0 saturated heterocycles. The lowest BCUT2D eigenvalue weighted by atomic mass is 10.0. The van der Waals surface area contributed by atoms with Crippen LogP contribution < -0.4 is 10.2 Å². The molecule has 0 saturated carbocycles. The van der Waals surface area contributed by atoms with Crippen LogP contribution in [0, 0.1) is 5.82 Å². The second kappa shape index (κ2) is 5.84. The molecule has 1 amide bonds. The Morgan fingerprint density at radius 3 is 2.71 bits per heavy atom. The Morgan fingerprint density at radius 1 is 1.38 bits per heavy atom. The first-order chi connectivity index (χ1) is 9.94. The highest BCUT2D eigenvalue weighted by molar-refractivity contribution is 5.93. The number of aromatic nitrogens is 2. The van der Waals surface area contributed by atoms with E-state index in [0.29, 0.717) is 5.69 Å². The Kier molecular flexibility index (Phi) is 4.13. The van der Waals surface area contributed by atoms with Gasteiger partial charge in [0.25, 0.3) is 11.8 Å². The monoisotopic (exact) mass is 291 g/mol. The van der Waals surface area contributed by atoms with Crippen LogP contribution in [0.5, 0.6) is 5.88 Å². The first kappa shape index (κ1) is 14.9. The molecule has 0 aromatic carbocycles. The van der Waals surface area contributed by atoms with Gasteiger partial charge in [-0.3, -0.25) is 15.0 Å². The molecule has 2 rings (SSSR count). The molecule has 0 bridgehead atoms. The van der Waals surface area contributed by atoms with Crippen molar-refractivity contribution in [1.29, 1.82) is 0 Å². The standard InChI is InChI=1S/C14H14FN3O3/c1-14(2,11-5-3-4-6-16-11)21-13-10(15)7-9(8-17-13)12(19)18-20/h3-8,20H,1-2H3,(H,18,19). The van der Waals surface area contributed by atoms with Crippen LogP contribution in [-0.4, -0.2) is 21.1 Å². The fraction of sp³-hybridized carbons (Fsp3) is 0.214. The summed E-state index contributed by atoms with van der Waals surface area (Å²) in [4.78, 5) is 19.1. The molecule has 2 aromatic rings. The largest absolute Gasteiger partial charge is 0.463 e. The molecule has 0 fully saturated rings. The Labute approximate surface area is 120 Å². The van der Waals surface area contributed by atoms with Gasteiger partial charge in [-0.1, -0.05) is 6.07 Å². The highest BCUT2D eigenvalue weighted by atomic mass is 19.1. The van der Waals surface area contributed by atoms with Gasteiger partial charge in [0.05, 0.1) is 11.3 Å². The fourth-order valence-electron chi connectivity index (χ4n) is 1.70. The van der Waals surface area contributed by atoms with E-state index in [2.05, 4.69) is 9.97 Å². The zero-order chi connectivity index (χ0) is 15.5. The van der Waals surface area contributed by atoms with E-state index in [-0.39, 0.29) is 11.4 Å². The first-order valence-corrected chi connectivity index (χ1v) is 6.14. The van der Waals surface area contributed by atoms with Gasteiger partial charge in [-0.05, 0) is 32.0 Å². The van der Waals surface area contributed by atoms with Gasteiger partial charge in [-0.2, -0.15) is 0 Å². The lowest BCUT2D eigenvalue weighted by molar-refractivity contribution is 0.0703. The van der Waals surface area contributed by atoms with Crippen LogP contribution in [0.1, 0.15) is 29.9 Å². The van der Waals surface area contributed by atoms with E-state index in [0.717, 1.165) is 12.3 Å². The summed E-state index contributed by atoms with van der Waals surface area (Å²) in [6, 6.07) is 6.25. The second-order valence-corrected chi connectivity index (χ2v) is 4.78. The van der Waals surface area contributed by atoms with Crippen LogP contribution in [0.3, 0.4) is 0 Å². The van der Waals surface area contributed by atoms with Crippen LogP contribution in [0.25, 0.3) is 0 Å². The van der Waals surface area contributed by atoms with Crippen LogP contribution in [0.2, 0.25) is 0 Å². The first-order valence-electron chi connectivity index (χ1n) is 6.14. The summed E-state index contributed by atoms with van der Waals surface area (Å²) in [5.41, 5.74) is 1.01. The normalized spacial score (nSPS) is 11.0. The Morgan fingerprint density at radius 2 is 2.14 bits per heavy atom. The van der Waals surface area contributed by atoms with Gasteiger partial charge in [0.2, 0.25) is 0 Å². The van der Waals surface area contributed by atoms with E-state index in [1.165, 1.54) is 5.48 Å². The Hall–Kier alpha value is -2.54. The maximum absolute atomic E-state index is 13.9. The number of carbonyl (C=O) groups excluding carboxylic acids is 1. The molecule has 0 aliphatic heterocycles. The number of nitrogens with zero attached hydrogens (tertiary/aromatic N) is 2. The molecule has 0 atom stereocenters. The van der Waals surface area contributed by atoms with Crippen molar-refractivity contribution in [1.82, 2.24) is 15.4 Å². The van der Waals surface area contributed by atoms with E-state index in [4.69, 9.17) is 9.94 Å². The van der Waals surface area contributed by atoms with Crippen molar-refractivity contribution in [3.63, 3.8) is 0 Å². The van der Waals surface area contributed by atoms with Gasteiger partial charge in [0.15, 0.2) is 5.82 Å². The van der Waals surface area contributed by atoms with Gasteiger partial charge in [-0.25, -0.2) is 14.9 Å². The zero-order valence-corrected chi connectivity index (χ0v) is 11.5. The molecule has 7 heteroatoms. The zero-order valence-electron chi connectivity index (χ0n) is 11.5. The average molecular weight is 291 g/mol. The molecule has 2 aromatic heterocycles. The van der Waals surface area contributed by atoms with E-state index in [1.54, 1.807) is 38.2 Å². The predicted molar refractivity (Wildman–Crippen MR) is 71.3 cm³/mol. The highest BCUT2D eigenvalue weighted by Crippen LogP contribution is 2.26. The van der Waals surface area contributed by atoms with E-state index < -0.39 is 17.3 Å². The molecule has 2 N–H and O–H groups in total. The number of ether oxygens (including phenoxy) is 1. The predicted octanol–water partition coefficient (Wildman–Crippen LogP) is 2.05. The number of rotatable bonds is 4. The molecule has 21 heavy (non-hydrogen) atoms. The number of nitrogens with one attached hydrogen (secondary N) is 1. The molecular weight excluding hydrogens is 277 g/mol. The van der Waals surface area contributed by atoms with Crippen LogP contribution in [0.15, 0.2) is 36.7 Å². The topological polar surface area (TPSA) is 84.3 Å². The summed E-state index contributed by atoms with van der Waals surface area (Å²) in [6.07, 6.45) is 2.72. The summed E-state index contributed by atoms with van der Waals surface area (Å²) in [5.74, 6) is -1.91. The van der Waals surface area contributed by atoms with Crippen LogP contribution >= 0.6 is 0 Å². The van der Waals surface area contributed by atoms with Crippen molar-refractivity contribution in [3.8, 4) is 5.88 Å². The molecular formula is C14H14FN3O3. The second-order valence-electron chi connectivity index (χ2n) is 4.78. The minimum absolute atomic E-state index is 0.113. The lowest BCUT2D eigenvalue weighted by Crippen LogP contribution is -2.27. The molecule has 0 spiro atoms. The molecule has 2 heterocycles. The average Bonchev–Trinajstić information content (AvgIpc) is 2.49. The number of carbonyl (C=O) groups is 1. The number of hydrogen-bond acceptors (Lipinski definition) is 5.